The van der Waals surface area contributed by atoms with Gasteiger partial charge in [-0.25, -0.2) is 0 Å². The zero-order chi connectivity index (χ0) is 8.97. The van der Waals surface area contributed by atoms with Gasteiger partial charge < -0.3 is 0 Å². The fourth-order valence-electron chi connectivity index (χ4n) is 0.955. The molecule has 0 bridgehead atoms. The van der Waals surface area contributed by atoms with Crippen LogP contribution in [0, 0.1) is 25.7 Å². The van der Waals surface area contributed by atoms with Crippen LogP contribution in [-0.4, -0.2) is 5.88 Å². The van der Waals surface area contributed by atoms with Crippen molar-refractivity contribution in [3.05, 3.63) is 34.9 Å². The van der Waals surface area contributed by atoms with E-state index in [1.165, 1.54) is 11.1 Å². The van der Waals surface area contributed by atoms with Gasteiger partial charge in [0.2, 0.25) is 0 Å². The van der Waals surface area contributed by atoms with Gasteiger partial charge in [0, 0.05) is 5.56 Å². The molecule has 0 fully saturated rings. The lowest BCUT2D eigenvalue weighted by atomic mass is 10.1. The minimum Gasteiger partial charge on any atom is -0.113 e. The first-order chi connectivity index (χ1) is 5.74. The van der Waals surface area contributed by atoms with E-state index >= 15 is 0 Å². The second-order valence-corrected chi connectivity index (χ2v) is 3.00. The Morgan fingerprint density at radius 3 is 2.58 bits per heavy atom. The molecular weight excluding hydrogens is 168 g/mol. The number of hydrogen-bond acceptors (Lipinski definition) is 0. The van der Waals surface area contributed by atoms with E-state index in [9.17, 15) is 0 Å². The zero-order valence-corrected chi connectivity index (χ0v) is 8.07. The fraction of sp³-hybridized carbons (Fsp3) is 0.273. The summed E-state index contributed by atoms with van der Waals surface area (Å²) in [5.74, 6) is 6.20. The monoisotopic (exact) mass is 178 g/mol. The van der Waals surface area contributed by atoms with E-state index in [1.807, 2.05) is 6.07 Å². The zero-order valence-electron chi connectivity index (χ0n) is 7.32. The smallest absolute Gasteiger partial charge is 0.0839 e. The molecule has 1 rings (SSSR count). The summed E-state index contributed by atoms with van der Waals surface area (Å²) in [6, 6.07) is 6.17. The molecule has 1 heteroatoms. The second kappa shape index (κ2) is 4.18. The molecule has 0 heterocycles. The number of rotatable bonds is 0. The van der Waals surface area contributed by atoms with E-state index in [1.54, 1.807) is 0 Å². The maximum absolute atomic E-state index is 5.45. The van der Waals surface area contributed by atoms with E-state index in [2.05, 4.69) is 37.8 Å². The Balaban J connectivity index is 2.97. The molecule has 0 aliphatic carbocycles. The summed E-state index contributed by atoms with van der Waals surface area (Å²) in [5, 5.41) is 0. The predicted molar refractivity (Wildman–Crippen MR) is 53.5 cm³/mol. The van der Waals surface area contributed by atoms with E-state index in [4.69, 9.17) is 11.6 Å². The molecule has 62 valence electrons. The molecule has 12 heavy (non-hydrogen) atoms. The average Bonchev–Trinajstić information content (AvgIpc) is 2.07. The van der Waals surface area contributed by atoms with Crippen LogP contribution in [0.3, 0.4) is 0 Å². The largest absolute Gasteiger partial charge is 0.113 e. The van der Waals surface area contributed by atoms with Crippen LogP contribution in [0.2, 0.25) is 0 Å². The first-order valence-electron chi connectivity index (χ1n) is 3.86. The highest BCUT2D eigenvalue weighted by Gasteiger charge is 1.91. The van der Waals surface area contributed by atoms with E-state index in [-0.39, 0.29) is 0 Å². The normalized spacial score (nSPS) is 8.92. The highest BCUT2D eigenvalue weighted by Crippen LogP contribution is 2.08. The Morgan fingerprint density at radius 1 is 1.25 bits per heavy atom. The molecule has 0 amide bonds. The van der Waals surface area contributed by atoms with Crippen LogP contribution in [0.4, 0.5) is 0 Å². The predicted octanol–water partition coefficient (Wildman–Crippen LogP) is 2.89. The van der Waals surface area contributed by atoms with Crippen molar-refractivity contribution in [3.63, 3.8) is 0 Å². The molecule has 0 atom stereocenters. The first-order valence-corrected chi connectivity index (χ1v) is 4.39. The van der Waals surface area contributed by atoms with Crippen LogP contribution >= 0.6 is 11.6 Å². The van der Waals surface area contributed by atoms with Crippen molar-refractivity contribution in [2.75, 3.05) is 5.88 Å². The summed E-state index contributed by atoms with van der Waals surface area (Å²) >= 11 is 5.45. The highest BCUT2D eigenvalue weighted by molar-refractivity contribution is 6.19. The minimum absolute atomic E-state index is 0.396. The molecule has 0 radical (unpaired) electrons. The van der Waals surface area contributed by atoms with Gasteiger partial charge >= 0.3 is 0 Å². The van der Waals surface area contributed by atoms with Crippen LogP contribution in [0.5, 0.6) is 0 Å². The molecular formula is C11H11Cl. The standard InChI is InChI=1S/C11H11Cl/c1-9-5-6-11(4-3-7-12)8-10(9)2/h5-6,8H,7H2,1-2H3. The lowest BCUT2D eigenvalue weighted by Gasteiger charge is -1.98. The van der Waals surface area contributed by atoms with Crippen molar-refractivity contribution >= 4 is 11.6 Å². The number of halogens is 1. The molecule has 1 aromatic carbocycles. The molecule has 0 unspecified atom stereocenters. The summed E-state index contributed by atoms with van der Waals surface area (Å²) < 4.78 is 0. The van der Waals surface area contributed by atoms with Gasteiger partial charge in [-0.3, -0.25) is 0 Å². The average molecular weight is 179 g/mol. The lowest BCUT2D eigenvalue weighted by molar-refractivity contribution is 1.33. The van der Waals surface area contributed by atoms with Crippen molar-refractivity contribution < 1.29 is 0 Å². The van der Waals surface area contributed by atoms with Gasteiger partial charge in [0.15, 0.2) is 0 Å². The summed E-state index contributed by atoms with van der Waals surface area (Å²) in [6.45, 7) is 4.18. The summed E-state index contributed by atoms with van der Waals surface area (Å²) in [4.78, 5) is 0. The molecule has 0 aliphatic heterocycles. The van der Waals surface area contributed by atoms with Crippen LogP contribution in [0.25, 0.3) is 0 Å². The maximum atomic E-state index is 5.45. The summed E-state index contributed by atoms with van der Waals surface area (Å²) in [5.41, 5.74) is 3.61. The van der Waals surface area contributed by atoms with Crippen molar-refractivity contribution in [2.45, 2.75) is 13.8 Å². The number of hydrogen-bond donors (Lipinski definition) is 0. The third kappa shape index (κ3) is 2.29. The molecule has 0 nitrogen and oxygen atoms in total. The van der Waals surface area contributed by atoms with Gasteiger partial charge in [0.05, 0.1) is 5.88 Å². The lowest BCUT2D eigenvalue weighted by Crippen LogP contribution is -1.82. The van der Waals surface area contributed by atoms with Gasteiger partial charge in [-0.1, -0.05) is 17.9 Å². The minimum atomic E-state index is 0.396. The van der Waals surface area contributed by atoms with Gasteiger partial charge in [0.1, 0.15) is 0 Å². The molecule has 1 aromatic rings. The molecule has 0 saturated carbocycles. The maximum Gasteiger partial charge on any atom is 0.0839 e. The third-order valence-corrected chi connectivity index (χ3v) is 1.94. The first kappa shape index (κ1) is 9.16. The van der Waals surface area contributed by atoms with E-state index in [0.29, 0.717) is 5.88 Å². The van der Waals surface area contributed by atoms with E-state index < -0.39 is 0 Å². The van der Waals surface area contributed by atoms with Gasteiger partial charge in [-0.05, 0) is 37.1 Å². The Bertz CT molecular complexity index is 329. The Kier molecular flexibility index (Phi) is 3.19. The number of aryl methyl sites for hydroxylation is 2. The molecule has 0 spiro atoms. The fourth-order valence-corrected chi connectivity index (χ4v) is 1.02. The van der Waals surface area contributed by atoms with Crippen molar-refractivity contribution in [2.24, 2.45) is 0 Å². The van der Waals surface area contributed by atoms with E-state index in [0.717, 1.165) is 5.56 Å². The quantitative estimate of drug-likeness (QED) is 0.423. The molecule has 0 saturated heterocycles. The molecule has 0 N–H and O–H groups in total. The Labute approximate surface area is 78.6 Å². The summed E-state index contributed by atoms with van der Waals surface area (Å²) in [7, 11) is 0. The number of alkyl halides is 1. The van der Waals surface area contributed by atoms with Crippen molar-refractivity contribution in [1.82, 2.24) is 0 Å². The van der Waals surface area contributed by atoms with Crippen LogP contribution in [0.1, 0.15) is 16.7 Å². The Hall–Kier alpha value is -0.930. The molecule has 0 aliphatic rings. The third-order valence-electron chi connectivity index (χ3n) is 1.81. The van der Waals surface area contributed by atoms with Crippen molar-refractivity contribution in [3.8, 4) is 11.8 Å². The van der Waals surface area contributed by atoms with Crippen LogP contribution in [0.15, 0.2) is 18.2 Å². The van der Waals surface area contributed by atoms with Gasteiger partial charge in [-0.2, -0.15) is 0 Å². The highest BCUT2D eigenvalue weighted by atomic mass is 35.5. The van der Waals surface area contributed by atoms with Crippen molar-refractivity contribution in [1.29, 1.82) is 0 Å². The van der Waals surface area contributed by atoms with Gasteiger partial charge in [0.25, 0.3) is 0 Å². The molecule has 0 aromatic heterocycles. The van der Waals surface area contributed by atoms with Gasteiger partial charge in [-0.15, -0.1) is 11.6 Å². The van der Waals surface area contributed by atoms with Crippen LogP contribution < -0.4 is 0 Å². The SMILES string of the molecule is Cc1ccc(C#CCCl)cc1C. The second-order valence-electron chi connectivity index (χ2n) is 2.73. The topological polar surface area (TPSA) is 0 Å². The Morgan fingerprint density at radius 2 is 2.00 bits per heavy atom. The summed E-state index contributed by atoms with van der Waals surface area (Å²) in [6.07, 6.45) is 0. The van der Waals surface area contributed by atoms with Crippen LogP contribution in [-0.2, 0) is 0 Å². The number of benzene rings is 1.